The molecule has 6 heteroatoms. The van der Waals surface area contributed by atoms with Gasteiger partial charge in [-0.15, -0.1) is 0 Å². The second-order valence-corrected chi connectivity index (χ2v) is 6.13. The average Bonchev–Trinajstić information content (AvgIpc) is 2.28. The molecule has 0 radical (unpaired) electrons. The molecule has 0 aliphatic rings. The van der Waals surface area contributed by atoms with Crippen molar-refractivity contribution < 1.29 is 18.8 Å². The van der Waals surface area contributed by atoms with Gasteiger partial charge in [0.05, 0.1) is 12.9 Å². The van der Waals surface area contributed by atoms with Gasteiger partial charge in [0.25, 0.3) is 0 Å². The van der Waals surface area contributed by atoms with Crippen molar-refractivity contribution in [1.82, 2.24) is 0 Å². The van der Waals surface area contributed by atoms with E-state index in [4.69, 9.17) is 9.84 Å². The van der Waals surface area contributed by atoms with Crippen LogP contribution in [0.5, 0.6) is 5.75 Å². The zero-order valence-corrected chi connectivity index (χ0v) is 11.9. The number of rotatable bonds is 5. The summed E-state index contributed by atoms with van der Waals surface area (Å²) in [4.78, 5) is 10.7. The van der Waals surface area contributed by atoms with E-state index < -0.39 is 22.0 Å². The fourth-order valence-electron chi connectivity index (χ4n) is 1.25. The lowest BCUT2D eigenvalue weighted by atomic mass is 10.2. The molecule has 0 saturated heterocycles. The van der Waals surface area contributed by atoms with Gasteiger partial charge in [-0.25, -0.2) is 0 Å². The van der Waals surface area contributed by atoms with Crippen molar-refractivity contribution in [3.8, 4) is 5.75 Å². The van der Waals surface area contributed by atoms with Crippen molar-refractivity contribution in [3.05, 3.63) is 28.2 Å². The number of carbonyl (C=O) groups is 1. The van der Waals surface area contributed by atoms with Gasteiger partial charge in [0.15, 0.2) is 0 Å². The van der Waals surface area contributed by atoms with Gasteiger partial charge in [-0.3, -0.25) is 9.00 Å². The summed E-state index contributed by atoms with van der Waals surface area (Å²) < 4.78 is 17.8. The molecule has 17 heavy (non-hydrogen) atoms. The molecule has 0 aliphatic carbocycles. The molecule has 1 N–H and O–H groups in total. The Morgan fingerprint density at radius 2 is 2.24 bits per heavy atom. The number of ether oxygens (including phenoxy) is 1. The largest absolute Gasteiger partial charge is 0.496 e. The van der Waals surface area contributed by atoms with E-state index in [0.29, 0.717) is 5.75 Å². The molecule has 94 valence electrons. The smallest absolute Gasteiger partial charge is 0.318 e. The highest BCUT2D eigenvalue weighted by atomic mass is 79.9. The summed E-state index contributed by atoms with van der Waals surface area (Å²) in [5.41, 5.74) is 0.730. The third kappa shape index (κ3) is 3.81. The van der Waals surface area contributed by atoms with Gasteiger partial charge in [0.2, 0.25) is 0 Å². The van der Waals surface area contributed by atoms with E-state index in [2.05, 4.69) is 15.9 Å². The van der Waals surface area contributed by atoms with Crippen molar-refractivity contribution in [3.63, 3.8) is 0 Å². The van der Waals surface area contributed by atoms with E-state index in [0.717, 1.165) is 10.0 Å². The first-order valence-corrected chi connectivity index (χ1v) is 7.05. The fourth-order valence-corrected chi connectivity index (χ4v) is 2.67. The molecular weight excluding hydrogens is 308 g/mol. The third-order valence-electron chi connectivity index (χ3n) is 2.28. The summed E-state index contributed by atoms with van der Waals surface area (Å²) in [6.07, 6.45) is 0. The van der Waals surface area contributed by atoms with Crippen molar-refractivity contribution >= 4 is 32.7 Å². The topological polar surface area (TPSA) is 63.6 Å². The normalized spacial score (nSPS) is 14.1. The predicted octanol–water partition coefficient (Wildman–Crippen LogP) is 2.18. The van der Waals surface area contributed by atoms with Gasteiger partial charge in [0, 0.05) is 20.8 Å². The first-order valence-electron chi connectivity index (χ1n) is 4.88. The maximum Gasteiger partial charge on any atom is 0.318 e. The maximum absolute atomic E-state index is 11.8. The number of halogens is 1. The summed E-state index contributed by atoms with van der Waals surface area (Å²) in [7, 11) is 0.0577. The molecule has 0 heterocycles. The molecule has 0 spiro atoms. The van der Waals surface area contributed by atoms with Crippen LogP contribution in [0.2, 0.25) is 0 Å². The Kier molecular flexibility index (Phi) is 5.14. The van der Waals surface area contributed by atoms with E-state index in [9.17, 15) is 9.00 Å². The Hall–Kier alpha value is -0.880. The van der Waals surface area contributed by atoms with Crippen LogP contribution in [-0.2, 0) is 21.3 Å². The second-order valence-electron chi connectivity index (χ2n) is 3.46. The minimum atomic E-state index is -1.47. The highest BCUT2D eigenvalue weighted by molar-refractivity contribution is 9.10. The lowest BCUT2D eigenvalue weighted by Crippen LogP contribution is -2.23. The Labute approximate surface area is 111 Å². The fraction of sp³-hybridized carbons (Fsp3) is 0.364. The minimum absolute atomic E-state index is 0.163. The Morgan fingerprint density at radius 1 is 1.59 bits per heavy atom. The molecule has 0 aliphatic heterocycles. The summed E-state index contributed by atoms with van der Waals surface area (Å²) in [6, 6.07) is 5.35. The van der Waals surface area contributed by atoms with Gasteiger partial charge < -0.3 is 9.84 Å². The monoisotopic (exact) mass is 320 g/mol. The highest BCUT2D eigenvalue weighted by Crippen LogP contribution is 2.24. The zero-order chi connectivity index (χ0) is 13.0. The molecule has 2 atom stereocenters. The molecule has 4 nitrogen and oxygen atoms in total. The van der Waals surface area contributed by atoms with E-state index in [1.165, 1.54) is 14.0 Å². The number of hydrogen-bond donors (Lipinski definition) is 1. The number of carboxylic acids is 1. The average molecular weight is 321 g/mol. The van der Waals surface area contributed by atoms with Gasteiger partial charge >= 0.3 is 5.97 Å². The summed E-state index contributed by atoms with van der Waals surface area (Å²) in [6.45, 7) is 1.43. The first-order chi connectivity index (χ1) is 7.95. The molecule has 1 aromatic rings. The van der Waals surface area contributed by atoms with Crippen LogP contribution >= 0.6 is 15.9 Å². The lowest BCUT2D eigenvalue weighted by Gasteiger charge is -2.10. The third-order valence-corrected chi connectivity index (χ3v) is 4.36. The molecule has 1 aromatic carbocycles. The van der Waals surface area contributed by atoms with Crippen LogP contribution < -0.4 is 4.74 Å². The number of methoxy groups -OCH3 is 1. The Balaban J connectivity index is 2.91. The van der Waals surface area contributed by atoms with Crippen LogP contribution in [0.15, 0.2) is 22.7 Å². The quantitative estimate of drug-likeness (QED) is 0.903. The number of aliphatic carboxylic acids is 1. The molecule has 0 saturated carbocycles. The summed E-state index contributed by atoms with van der Waals surface area (Å²) in [5, 5.41) is 7.89. The molecule has 1 rings (SSSR count). The summed E-state index contributed by atoms with van der Waals surface area (Å²) in [5.74, 6) is -0.285. The van der Waals surface area contributed by atoms with Crippen LogP contribution in [0.3, 0.4) is 0 Å². The molecule has 0 fully saturated rings. The van der Waals surface area contributed by atoms with Gasteiger partial charge in [-0.1, -0.05) is 15.9 Å². The van der Waals surface area contributed by atoms with Crippen LogP contribution in [0, 0.1) is 0 Å². The van der Waals surface area contributed by atoms with E-state index in [-0.39, 0.29) is 5.75 Å². The standard InChI is InChI=1S/C11H13BrO4S/c1-7(11(13)14)17(15)6-8-5-9(12)3-4-10(8)16-2/h3-5,7H,6H2,1-2H3,(H,13,14). The van der Waals surface area contributed by atoms with E-state index in [1.807, 2.05) is 6.07 Å². The Morgan fingerprint density at radius 3 is 2.76 bits per heavy atom. The van der Waals surface area contributed by atoms with Gasteiger partial charge in [-0.05, 0) is 25.1 Å². The Bertz CT molecular complexity index is 447. The zero-order valence-electron chi connectivity index (χ0n) is 9.47. The van der Waals surface area contributed by atoms with Crippen LogP contribution in [0.1, 0.15) is 12.5 Å². The molecular formula is C11H13BrO4S. The van der Waals surface area contributed by atoms with Gasteiger partial charge in [-0.2, -0.15) is 0 Å². The maximum atomic E-state index is 11.8. The number of benzene rings is 1. The van der Waals surface area contributed by atoms with Crippen molar-refractivity contribution in [1.29, 1.82) is 0 Å². The van der Waals surface area contributed by atoms with Crippen molar-refractivity contribution in [2.75, 3.05) is 7.11 Å². The number of carboxylic acid groups (broad SMARTS) is 1. The lowest BCUT2D eigenvalue weighted by molar-refractivity contribution is -0.136. The minimum Gasteiger partial charge on any atom is -0.496 e. The van der Waals surface area contributed by atoms with Crippen molar-refractivity contribution in [2.24, 2.45) is 0 Å². The second kappa shape index (κ2) is 6.16. The predicted molar refractivity (Wildman–Crippen MR) is 69.6 cm³/mol. The molecule has 2 unspecified atom stereocenters. The van der Waals surface area contributed by atoms with Crippen LogP contribution in [0.25, 0.3) is 0 Å². The van der Waals surface area contributed by atoms with Crippen LogP contribution in [0.4, 0.5) is 0 Å². The molecule has 0 bridgehead atoms. The SMILES string of the molecule is COc1ccc(Br)cc1CS(=O)C(C)C(=O)O. The number of hydrogen-bond acceptors (Lipinski definition) is 3. The van der Waals surface area contributed by atoms with E-state index >= 15 is 0 Å². The van der Waals surface area contributed by atoms with E-state index in [1.54, 1.807) is 12.1 Å². The van der Waals surface area contributed by atoms with Crippen molar-refractivity contribution in [2.45, 2.75) is 17.9 Å². The van der Waals surface area contributed by atoms with Crippen LogP contribution in [-0.4, -0.2) is 27.6 Å². The summed E-state index contributed by atoms with van der Waals surface area (Å²) >= 11 is 3.31. The van der Waals surface area contributed by atoms with Gasteiger partial charge in [0.1, 0.15) is 11.0 Å². The molecule has 0 aromatic heterocycles. The highest BCUT2D eigenvalue weighted by Gasteiger charge is 2.20. The molecule has 0 amide bonds. The first kappa shape index (κ1) is 14.2.